The molecule has 0 aliphatic rings. The molecule has 0 spiro atoms. The van der Waals surface area contributed by atoms with Gasteiger partial charge in [0.15, 0.2) is 11.5 Å². The summed E-state index contributed by atoms with van der Waals surface area (Å²) in [5.74, 6) is 1.66. The molecule has 23 heavy (non-hydrogen) atoms. The molecule has 1 N–H and O–H groups in total. The summed E-state index contributed by atoms with van der Waals surface area (Å²) in [7, 11) is 6.57. The maximum absolute atomic E-state index is 12.3. The molecular weight excluding hydrogens is 296 g/mol. The van der Waals surface area contributed by atoms with Crippen molar-refractivity contribution in [3.8, 4) is 17.2 Å². The Morgan fingerprint density at radius 3 is 2.17 bits per heavy atom. The lowest BCUT2D eigenvalue weighted by Crippen LogP contribution is -2.25. The first-order valence-electron chi connectivity index (χ1n) is 7.21. The number of benzene rings is 1. The average Bonchev–Trinajstić information content (AvgIpc) is 2.91. The van der Waals surface area contributed by atoms with E-state index in [9.17, 15) is 4.79 Å². The van der Waals surface area contributed by atoms with Crippen LogP contribution in [-0.4, -0.2) is 31.8 Å². The number of aryl methyl sites for hydroxylation is 1. The number of amides is 1. The van der Waals surface area contributed by atoms with Crippen LogP contribution < -0.4 is 19.5 Å². The van der Waals surface area contributed by atoms with Crippen molar-refractivity contribution in [3.63, 3.8) is 0 Å². The fourth-order valence-electron chi connectivity index (χ4n) is 2.34. The minimum Gasteiger partial charge on any atom is -0.496 e. The van der Waals surface area contributed by atoms with Gasteiger partial charge in [-0.15, -0.1) is 0 Å². The number of methoxy groups -OCH3 is 3. The van der Waals surface area contributed by atoms with E-state index in [1.807, 2.05) is 24.6 Å². The first kappa shape index (κ1) is 16.7. The summed E-state index contributed by atoms with van der Waals surface area (Å²) in [6.07, 6.45) is 0. The van der Waals surface area contributed by atoms with E-state index in [0.717, 1.165) is 11.3 Å². The van der Waals surface area contributed by atoms with Gasteiger partial charge in [-0.25, -0.2) is 0 Å². The van der Waals surface area contributed by atoms with Gasteiger partial charge in [-0.05, 0) is 25.1 Å². The van der Waals surface area contributed by atoms with Crippen molar-refractivity contribution in [1.29, 1.82) is 0 Å². The smallest absolute Gasteiger partial charge is 0.268 e. The molecule has 1 aromatic heterocycles. The number of hydrogen-bond acceptors (Lipinski definition) is 4. The summed E-state index contributed by atoms with van der Waals surface area (Å²) in [6.45, 7) is 2.28. The van der Waals surface area contributed by atoms with Crippen LogP contribution in [0.2, 0.25) is 0 Å². The van der Waals surface area contributed by atoms with Crippen molar-refractivity contribution >= 4 is 5.91 Å². The van der Waals surface area contributed by atoms with Crippen LogP contribution in [0.5, 0.6) is 17.2 Å². The highest BCUT2D eigenvalue weighted by Crippen LogP contribution is 2.34. The molecule has 0 saturated carbocycles. The maximum atomic E-state index is 12.3. The predicted octanol–water partition coefficient (Wildman–Crippen LogP) is 2.29. The zero-order valence-corrected chi connectivity index (χ0v) is 14.1. The van der Waals surface area contributed by atoms with Crippen LogP contribution in [0.1, 0.15) is 21.7 Å². The highest BCUT2D eigenvalue weighted by molar-refractivity contribution is 5.92. The first-order chi connectivity index (χ1) is 11.0. The lowest BCUT2D eigenvalue weighted by Gasteiger charge is -2.14. The highest BCUT2D eigenvalue weighted by Gasteiger charge is 2.14. The molecule has 1 aromatic carbocycles. The summed E-state index contributed by atoms with van der Waals surface area (Å²) in [5.41, 5.74) is 2.45. The molecule has 1 heterocycles. The number of carbonyl (C=O) groups is 1. The summed E-state index contributed by atoms with van der Waals surface area (Å²) < 4.78 is 17.8. The van der Waals surface area contributed by atoms with Gasteiger partial charge >= 0.3 is 0 Å². The number of aromatic nitrogens is 1. The van der Waals surface area contributed by atoms with E-state index in [0.29, 0.717) is 29.5 Å². The lowest BCUT2D eigenvalue weighted by molar-refractivity contribution is 0.0942. The third-order valence-corrected chi connectivity index (χ3v) is 3.83. The highest BCUT2D eigenvalue weighted by atomic mass is 16.5. The van der Waals surface area contributed by atoms with E-state index in [4.69, 9.17) is 14.2 Å². The van der Waals surface area contributed by atoms with Crippen LogP contribution in [0.3, 0.4) is 0 Å². The van der Waals surface area contributed by atoms with Gasteiger partial charge in [0.2, 0.25) is 0 Å². The predicted molar refractivity (Wildman–Crippen MR) is 87.4 cm³/mol. The molecule has 0 aliphatic heterocycles. The molecule has 124 valence electrons. The largest absolute Gasteiger partial charge is 0.496 e. The van der Waals surface area contributed by atoms with E-state index in [1.54, 1.807) is 39.5 Å². The number of ether oxygens (including phenoxy) is 3. The maximum Gasteiger partial charge on any atom is 0.268 e. The topological polar surface area (TPSA) is 61.7 Å². The van der Waals surface area contributed by atoms with Gasteiger partial charge in [-0.1, -0.05) is 0 Å². The molecule has 1 amide bonds. The molecular formula is C17H22N2O4. The van der Waals surface area contributed by atoms with E-state index >= 15 is 0 Å². The molecule has 0 fully saturated rings. The molecule has 0 unspecified atom stereocenters. The normalized spacial score (nSPS) is 10.3. The van der Waals surface area contributed by atoms with Crippen LogP contribution in [0.15, 0.2) is 24.3 Å². The fourth-order valence-corrected chi connectivity index (χ4v) is 2.34. The van der Waals surface area contributed by atoms with Crippen molar-refractivity contribution < 1.29 is 19.0 Å². The van der Waals surface area contributed by atoms with Crippen LogP contribution >= 0.6 is 0 Å². The average molecular weight is 318 g/mol. The molecule has 0 bridgehead atoms. The Bertz CT molecular complexity index is 707. The third kappa shape index (κ3) is 3.41. The quantitative estimate of drug-likeness (QED) is 0.888. The standard InChI is InChI=1S/C17H22N2O4/c1-11-6-7-13(19(11)2)17(20)18-10-12-8-15(22-4)16(23-5)9-14(12)21-3/h6-9H,10H2,1-5H3,(H,18,20). The van der Waals surface area contributed by atoms with Crippen molar-refractivity contribution in [3.05, 3.63) is 41.2 Å². The Morgan fingerprint density at radius 2 is 1.65 bits per heavy atom. The Kier molecular flexibility index (Phi) is 5.16. The zero-order valence-electron chi connectivity index (χ0n) is 14.1. The number of carbonyl (C=O) groups excluding carboxylic acids is 1. The second-order valence-electron chi connectivity index (χ2n) is 5.12. The molecule has 0 radical (unpaired) electrons. The molecule has 6 heteroatoms. The third-order valence-electron chi connectivity index (χ3n) is 3.83. The van der Waals surface area contributed by atoms with Gasteiger partial charge in [-0.3, -0.25) is 4.79 Å². The van der Waals surface area contributed by atoms with E-state index in [2.05, 4.69) is 5.32 Å². The second kappa shape index (κ2) is 7.09. The molecule has 2 aromatic rings. The Labute approximate surface area is 136 Å². The van der Waals surface area contributed by atoms with Crippen LogP contribution in [-0.2, 0) is 13.6 Å². The molecule has 2 rings (SSSR count). The zero-order chi connectivity index (χ0) is 17.0. The van der Waals surface area contributed by atoms with Crippen LogP contribution in [0.4, 0.5) is 0 Å². The number of rotatable bonds is 6. The number of nitrogens with zero attached hydrogens (tertiary/aromatic N) is 1. The monoisotopic (exact) mass is 318 g/mol. The van der Waals surface area contributed by atoms with Gasteiger partial charge in [0.05, 0.1) is 21.3 Å². The summed E-state index contributed by atoms with van der Waals surface area (Å²) in [6, 6.07) is 7.25. The summed E-state index contributed by atoms with van der Waals surface area (Å²) in [4.78, 5) is 12.3. The van der Waals surface area contributed by atoms with E-state index < -0.39 is 0 Å². The molecule has 0 atom stereocenters. The number of nitrogens with one attached hydrogen (secondary N) is 1. The number of hydrogen-bond donors (Lipinski definition) is 1. The van der Waals surface area contributed by atoms with Gasteiger partial charge < -0.3 is 24.1 Å². The second-order valence-corrected chi connectivity index (χ2v) is 5.12. The van der Waals surface area contributed by atoms with Gasteiger partial charge in [0, 0.05) is 30.9 Å². The summed E-state index contributed by atoms with van der Waals surface area (Å²) >= 11 is 0. The molecule has 6 nitrogen and oxygen atoms in total. The minimum atomic E-state index is -0.141. The minimum absolute atomic E-state index is 0.141. The van der Waals surface area contributed by atoms with E-state index in [1.165, 1.54) is 0 Å². The first-order valence-corrected chi connectivity index (χ1v) is 7.21. The van der Waals surface area contributed by atoms with Crippen molar-refractivity contribution in [2.24, 2.45) is 7.05 Å². The van der Waals surface area contributed by atoms with Crippen molar-refractivity contribution in [2.75, 3.05) is 21.3 Å². The SMILES string of the molecule is COc1cc(OC)c(OC)cc1CNC(=O)c1ccc(C)n1C. The molecule has 0 aliphatic carbocycles. The molecule has 0 saturated heterocycles. The van der Waals surface area contributed by atoms with Crippen LogP contribution in [0.25, 0.3) is 0 Å². The lowest BCUT2D eigenvalue weighted by atomic mass is 10.1. The van der Waals surface area contributed by atoms with Crippen molar-refractivity contribution in [1.82, 2.24) is 9.88 Å². The Hall–Kier alpha value is -2.63. The Morgan fingerprint density at radius 1 is 1.04 bits per heavy atom. The Balaban J connectivity index is 2.19. The van der Waals surface area contributed by atoms with Crippen LogP contribution in [0, 0.1) is 6.92 Å². The van der Waals surface area contributed by atoms with Gasteiger partial charge in [0.25, 0.3) is 5.91 Å². The van der Waals surface area contributed by atoms with Gasteiger partial charge in [-0.2, -0.15) is 0 Å². The van der Waals surface area contributed by atoms with Crippen molar-refractivity contribution in [2.45, 2.75) is 13.5 Å². The fraction of sp³-hybridized carbons (Fsp3) is 0.353. The van der Waals surface area contributed by atoms with Gasteiger partial charge in [0.1, 0.15) is 11.4 Å². The van der Waals surface area contributed by atoms with E-state index in [-0.39, 0.29) is 5.91 Å². The summed E-state index contributed by atoms with van der Waals surface area (Å²) in [5, 5.41) is 2.90.